The highest BCUT2D eigenvalue weighted by Gasteiger charge is 2.56. The van der Waals surface area contributed by atoms with Gasteiger partial charge in [-0.2, -0.15) is 0 Å². The molecule has 1 aliphatic rings. The molecule has 0 N–H and O–H groups in total. The summed E-state index contributed by atoms with van der Waals surface area (Å²) in [6, 6.07) is 11.7. The predicted octanol–water partition coefficient (Wildman–Crippen LogP) is 6.77. The van der Waals surface area contributed by atoms with Crippen LogP contribution in [0.25, 0.3) is 11.1 Å². The van der Waals surface area contributed by atoms with Crippen molar-refractivity contribution in [3.8, 4) is 11.1 Å². The number of benzene rings is 2. The Morgan fingerprint density at radius 1 is 1.08 bits per heavy atom. The van der Waals surface area contributed by atoms with Crippen molar-refractivity contribution in [2.75, 3.05) is 0 Å². The van der Waals surface area contributed by atoms with Gasteiger partial charge in [0.15, 0.2) is 0 Å². The van der Waals surface area contributed by atoms with Crippen molar-refractivity contribution < 1.29 is 8.78 Å². The molecular weight excluding hydrogens is 349 g/mol. The largest absolute Gasteiger partial charge is 0.206 e. The fourth-order valence-corrected chi connectivity index (χ4v) is 3.77. The first-order valence-electron chi connectivity index (χ1n) is 7.87. The van der Waals surface area contributed by atoms with Gasteiger partial charge in [0.2, 0.25) is 0 Å². The average Bonchev–Trinajstić information content (AvgIpc) is 3.02. The zero-order chi connectivity index (χ0) is 17.5. The van der Waals surface area contributed by atoms with Crippen molar-refractivity contribution in [2.24, 2.45) is 17.3 Å². The smallest absolute Gasteiger partial charge is 0.137 e. The van der Waals surface area contributed by atoms with E-state index in [1.807, 2.05) is 12.1 Å². The first-order valence-corrected chi connectivity index (χ1v) is 8.63. The van der Waals surface area contributed by atoms with Crippen LogP contribution in [-0.2, 0) is 6.42 Å². The zero-order valence-electron chi connectivity index (χ0n) is 13.5. The number of hydrogen-bond acceptors (Lipinski definition) is 0. The van der Waals surface area contributed by atoms with E-state index in [0.29, 0.717) is 17.5 Å². The Labute approximate surface area is 151 Å². The van der Waals surface area contributed by atoms with E-state index in [1.165, 1.54) is 12.1 Å². The summed E-state index contributed by atoms with van der Waals surface area (Å²) in [5, 5.41) is 0. The van der Waals surface area contributed by atoms with Crippen molar-refractivity contribution in [1.82, 2.24) is 0 Å². The summed E-state index contributed by atoms with van der Waals surface area (Å²) in [6.07, 6.45) is 2.34. The molecule has 2 aromatic carbocycles. The summed E-state index contributed by atoms with van der Waals surface area (Å²) < 4.78 is 29.4. The Morgan fingerprint density at radius 3 is 2.38 bits per heavy atom. The highest BCUT2D eigenvalue weighted by Crippen LogP contribution is 2.61. The normalized spacial score (nSPS) is 21.4. The second-order valence-electron chi connectivity index (χ2n) is 6.88. The van der Waals surface area contributed by atoms with Gasteiger partial charge in [0.25, 0.3) is 0 Å². The summed E-state index contributed by atoms with van der Waals surface area (Å²) in [5.74, 6) is -0.595. The van der Waals surface area contributed by atoms with Crippen molar-refractivity contribution >= 4 is 23.2 Å². The fraction of sp³-hybridized carbons (Fsp3) is 0.300. The number of halogens is 4. The summed E-state index contributed by atoms with van der Waals surface area (Å²) in [4.78, 5) is 0. The SMILES string of the molecule is CC1(C)[C@H](Cc2ccc(F)c(-c3ccccc3)c2F)[C@@H]1C=C(Cl)Cl. The lowest BCUT2D eigenvalue weighted by Gasteiger charge is -2.11. The first kappa shape index (κ1) is 17.4. The molecule has 0 aromatic heterocycles. The number of rotatable bonds is 4. The zero-order valence-corrected chi connectivity index (χ0v) is 15.0. The first-order chi connectivity index (χ1) is 11.3. The Kier molecular flexibility index (Phi) is 4.72. The molecule has 4 heteroatoms. The van der Waals surface area contributed by atoms with E-state index in [-0.39, 0.29) is 27.3 Å². The van der Waals surface area contributed by atoms with Crippen LogP contribution in [0.15, 0.2) is 53.0 Å². The van der Waals surface area contributed by atoms with E-state index < -0.39 is 11.6 Å². The fourth-order valence-electron chi connectivity index (χ4n) is 3.50. The molecule has 2 aromatic rings. The highest BCUT2D eigenvalue weighted by atomic mass is 35.5. The Hall–Kier alpha value is -1.38. The standard InChI is InChI=1S/C20H18Cl2F2/c1-20(2)14(15(20)11-17(21)22)10-13-8-9-16(23)18(19(13)24)12-6-4-3-5-7-12/h3-9,11,14-15H,10H2,1-2H3/t14-,15+/m1/s1. The molecule has 0 amide bonds. The van der Waals surface area contributed by atoms with Gasteiger partial charge >= 0.3 is 0 Å². The van der Waals surface area contributed by atoms with E-state index in [2.05, 4.69) is 13.8 Å². The molecule has 0 unspecified atom stereocenters. The van der Waals surface area contributed by atoms with Gasteiger partial charge in [-0.25, -0.2) is 8.78 Å². The van der Waals surface area contributed by atoms with Crippen LogP contribution in [0.5, 0.6) is 0 Å². The lowest BCUT2D eigenvalue weighted by Crippen LogP contribution is -2.01. The predicted molar refractivity (Wildman–Crippen MR) is 96.0 cm³/mol. The second-order valence-corrected chi connectivity index (χ2v) is 7.88. The van der Waals surface area contributed by atoms with E-state index in [0.717, 1.165) is 0 Å². The molecular formula is C20H18Cl2F2. The Bertz CT molecular complexity index is 778. The second kappa shape index (κ2) is 6.50. The molecule has 0 aliphatic heterocycles. The third-order valence-corrected chi connectivity index (χ3v) is 5.37. The van der Waals surface area contributed by atoms with Crippen LogP contribution < -0.4 is 0 Å². The van der Waals surface area contributed by atoms with Gasteiger partial charge in [0, 0.05) is 0 Å². The molecule has 1 aliphatic carbocycles. The van der Waals surface area contributed by atoms with Gasteiger partial charge in [-0.3, -0.25) is 0 Å². The summed E-state index contributed by atoms with van der Waals surface area (Å²) in [5.41, 5.74) is 1.11. The highest BCUT2D eigenvalue weighted by molar-refractivity contribution is 6.55. The van der Waals surface area contributed by atoms with Gasteiger partial charge < -0.3 is 0 Å². The maximum Gasteiger partial charge on any atom is 0.137 e. The van der Waals surface area contributed by atoms with Crippen LogP contribution in [-0.4, -0.2) is 0 Å². The lowest BCUT2D eigenvalue weighted by atomic mass is 9.97. The minimum absolute atomic E-state index is 0.00274. The van der Waals surface area contributed by atoms with Crippen LogP contribution in [0.3, 0.4) is 0 Å². The molecule has 24 heavy (non-hydrogen) atoms. The third-order valence-electron chi connectivity index (χ3n) is 5.12. The van der Waals surface area contributed by atoms with Crippen molar-refractivity contribution in [2.45, 2.75) is 20.3 Å². The van der Waals surface area contributed by atoms with E-state index >= 15 is 0 Å². The molecule has 0 radical (unpaired) electrons. The number of hydrogen-bond donors (Lipinski definition) is 0. The third kappa shape index (κ3) is 3.22. The molecule has 2 atom stereocenters. The average molecular weight is 367 g/mol. The lowest BCUT2D eigenvalue weighted by molar-refractivity contribution is 0.532. The molecule has 0 heterocycles. The maximum absolute atomic E-state index is 14.9. The van der Waals surface area contributed by atoms with Crippen LogP contribution in [0.1, 0.15) is 19.4 Å². The monoisotopic (exact) mass is 366 g/mol. The molecule has 1 saturated carbocycles. The van der Waals surface area contributed by atoms with Gasteiger partial charge in [-0.05, 0) is 40.9 Å². The van der Waals surface area contributed by atoms with Gasteiger partial charge in [-0.1, -0.05) is 79.5 Å². The minimum atomic E-state index is -0.544. The van der Waals surface area contributed by atoms with Gasteiger partial charge in [-0.15, -0.1) is 0 Å². The quantitative estimate of drug-likeness (QED) is 0.560. The molecule has 0 bridgehead atoms. The topological polar surface area (TPSA) is 0 Å². The van der Waals surface area contributed by atoms with E-state index in [4.69, 9.17) is 23.2 Å². The van der Waals surface area contributed by atoms with Crippen molar-refractivity contribution in [3.63, 3.8) is 0 Å². The molecule has 3 rings (SSSR count). The van der Waals surface area contributed by atoms with Crippen LogP contribution in [0, 0.1) is 28.9 Å². The molecule has 126 valence electrons. The maximum atomic E-state index is 14.9. The summed E-state index contributed by atoms with van der Waals surface area (Å²) in [6.45, 7) is 4.21. The Morgan fingerprint density at radius 2 is 1.75 bits per heavy atom. The summed E-state index contributed by atoms with van der Waals surface area (Å²) in [7, 11) is 0. The molecule has 0 nitrogen and oxygen atoms in total. The van der Waals surface area contributed by atoms with Crippen molar-refractivity contribution in [3.05, 3.63) is 70.2 Å². The molecule has 0 saturated heterocycles. The van der Waals surface area contributed by atoms with E-state index in [1.54, 1.807) is 24.3 Å². The molecule has 1 fully saturated rings. The van der Waals surface area contributed by atoms with Crippen LogP contribution >= 0.6 is 23.2 Å². The van der Waals surface area contributed by atoms with Gasteiger partial charge in [0.05, 0.1) is 5.56 Å². The van der Waals surface area contributed by atoms with E-state index in [9.17, 15) is 8.78 Å². The Balaban J connectivity index is 1.93. The minimum Gasteiger partial charge on any atom is -0.206 e. The van der Waals surface area contributed by atoms with Crippen molar-refractivity contribution in [1.29, 1.82) is 0 Å². The van der Waals surface area contributed by atoms with Crippen LogP contribution in [0.4, 0.5) is 8.78 Å². The molecule has 0 spiro atoms. The summed E-state index contributed by atoms with van der Waals surface area (Å²) >= 11 is 11.5. The number of allylic oxidation sites excluding steroid dienone is 1. The van der Waals surface area contributed by atoms with Crippen LogP contribution in [0.2, 0.25) is 0 Å². The van der Waals surface area contributed by atoms with Gasteiger partial charge in [0.1, 0.15) is 16.1 Å².